The van der Waals surface area contributed by atoms with E-state index in [0.717, 1.165) is 15.5 Å². The summed E-state index contributed by atoms with van der Waals surface area (Å²) in [6.07, 6.45) is 6.84. The minimum absolute atomic E-state index is 0.0727. The maximum Gasteiger partial charge on any atom is 0.253 e. The molecule has 1 aliphatic heterocycles. The second-order valence-corrected chi connectivity index (χ2v) is 9.38. The van der Waals surface area contributed by atoms with Crippen LogP contribution in [0.1, 0.15) is 10.4 Å². The Labute approximate surface area is 178 Å². The minimum atomic E-state index is -3.67. The van der Waals surface area contributed by atoms with Crippen molar-refractivity contribution >= 4 is 42.7 Å². The highest BCUT2D eigenvalue weighted by Gasteiger charge is 2.24. The summed E-state index contributed by atoms with van der Waals surface area (Å²) in [5.74, 6) is 2.10. The normalized spacial score (nSPS) is 14.6. The number of benzene rings is 1. The van der Waals surface area contributed by atoms with Crippen molar-refractivity contribution in [1.82, 2.24) is 19.6 Å². The van der Waals surface area contributed by atoms with Gasteiger partial charge in [-0.15, -0.1) is 6.42 Å². The van der Waals surface area contributed by atoms with Gasteiger partial charge in [0.1, 0.15) is 10.3 Å². The van der Waals surface area contributed by atoms with Gasteiger partial charge in [-0.25, -0.2) is 18.4 Å². The Hall–Kier alpha value is -3.00. The lowest BCUT2D eigenvalue weighted by Crippen LogP contribution is -2.48. The van der Waals surface area contributed by atoms with Gasteiger partial charge < -0.3 is 9.80 Å². The molecule has 10 heteroatoms. The van der Waals surface area contributed by atoms with Crippen molar-refractivity contribution in [3.8, 4) is 12.3 Å². The number of terminal acetylenes is 1. The molecule has 1 aromatic carbocycles. The van der Waals surface area contributed by atoms with Gasteiger partial charge in [-0.3, -0.25) is 4.79 Å². The van der Waals surface area contributed by atoms with Crippen molar-refractivity contribution in [2.45, 2.75) is 4.90 Å². The zero-order chi connectivity index (χ0) is 21.1. The van der Waals surface area contributed by atoms with E-state index in [1.54, 1.807) is 22.4 Å². The smallest absolute Gasteiger partial charge is 0.253 e. The summed E-state index contributed by atoms with van der Waals surface area (Å²) in [7, 11) is -3.67. The molecule has 0 aliphatic carbocycles. The van der Waals surface area contributed by atoms with E-state index in [9.17, 15) is 13.2 Å². The van der Waals surface area contributed by atoms with Crippen LogP contribution in [0.2, 0.25) is 0 Å². The number of nitrogens with zero attached hydrogens (tertiary/aromatic N) is 4. The van der Waals surface area contributed by atoms with E-state index in [0.29, 0.717) is 31.7 Å². The lowest BCUT2D eigenvalue weighted by Gasteiger charge is -2.34. The molecule has 0 spiro atoms. The first-order valence-electron chi connectivity index (χ1n) is 9.27. The Morgan fingerprint density at radius 1 is 1.17 bits per heavy atom. The zero-order valence-corrected chi connectivity index (χ0v) is 17.6. The maximum absolute atomic E-state index is 12.8. The van der Waals surface area contributed by atoms with Crippen LogP contribution >= 0.6 is 11.3 Å². The number of nitrogens with one attached hydrogen (secondary N) is 1. The highest BCUT2D eigenvalue weighted by atomic mass is 32.2. The van der Waals surface area contributed by atoms with Crippen LogP contribution in [0, 0.1) is 12.3 Å². The van der Waals surface area contributed by atoms with Crippen LogP contribution in [-0.4, -0.2) is 61.9 Å². The zero-order valence-electron chi connectivity index (χ0n) is 16.0. The van der Waals surface area contributed by atoms with Gasteiger partial charge in [0.2, 0.25) is 10.0 Å². The van der Waals surface area contributed by atoms with E-state index in [2.05, 4.69) is 25.5 Å². The molecule has 30 heavy (non-hydrogen) atoms. The van der Waals surface area contributed by atoms with Crippen LogP contribution in [0.4, 0.5) is 5.13 Å². The van der Waals surface area contributed by atoms with Crippen LogP contribution in [-0.2, 0) is 10.0 Å². The summed E-state index contributed by atoms with van der Waals surface area (Å²) in [6.45, 7) is 2.39. The Kier molecular flexibility index (Phi) is 5.67. The maximum atomic E-state index is 12.8. The van der Waals surface area contributed by atoms with Gasteiger partial charge in [-0.1, -0.05) is 17.3 Å². The van der Waals surface area contributed by atoms with E-state index in [1.165, 1.54) is 24.3 Å². The number of pyridine rings is 1. The molecule has 0 saturated carbocycles. The van der Waals surface area contributed by atoms with Crippen LogP contribution in [0.25, 0.3) is 10.3 Å². The molecule has 1 amide bonds. The average Bonchev–Trinajstić information content (AvgIpc) is 3.22. The second-order valence-electron chi connectivity index (χ2n) is 6.66. The number of thiazole rings is 1. The topological polar surface area (TPSA) is 95.5 Å². The van der Waals surface area contributed by atoms with Gasteiger partial charge in [-0.2, -0.15) is 4.72 Å². The number of carbonyl (C=O) groups excluding carboxylic acids is 1. The fraction of sp³-hybridized carbons (Fsp3) is 0.250. The molecule has 1 fully saturated rings. The van der Waals surface area contributed by atoms with Crippen molar-refractivity contribution < 1.29 is 13.2 Å². The summed E-state index contributed by atoms with van der Waals surface area (Å²) in [6, 6.07) is 9.68. The number of anilines is 1. The molecule has 2 aromatic heterocycles. The molecule has 1 aliphatic rings. The number of sulfonamides is 1. The first-order valence-corrected chi connectivity index (χ1v) is 11.6. The van der Waals surface area contributed by atoms with Crippen LogP contribution < -0.4 is 9.62 Å². The van der Waals surface area contributed by atoms with Gasteiger partial charge in [0, 0.05) is 37.9 Å². The second kappa shape index (κ2) is 8.39. The molecule has 3 heterocycles. The fourth-order valence-corrected chi connectivity index (χ4v) is 5.07. The van der Waals surface area contributed by atoms with Gasteiger partial charge in [0.05, 0.1) is 11.4 Å². The van der Waals surface area contributed by atoms with Gasteiger partial charge in [0.25, 0.3) is 5.91 Å². The molecule has 1 saturated heterocycles. The number of fused-ring (bicyclic) bond motifs is 1. The number of hydrogen-bond donors (Lipinski definition) is 1. The van der Waals surface area contributed by atoms with Gasteiger partial charge in [0.15, 0.2) is 5.13 Å². The average molecular weight is 442 g/mol. The van der Waals surface area contributed by atoms with Crippen molar-refractivity contribution in [1.29, 1.82) is 0 Å². The SMILES string of the molecule is C#CCNS(=O)(=O)c1ccc(C(=O)N2CCN(c3nc4cccnc4s3)CC2)cc1. The van der Waals surface area contributed by atoms with Crippen LogP contribution in [0.15, 0.2) is 47.5 Å². The van der Waals surface area contributed by atoms with Crippen LogP contribution in [0.3, 0.4) is 0 Å². The number of hydrogen-bond acceptors (Lipinski definition) is 7. The monoisotopic (exact) mass is 441 g/mol. The lowest BCUT2D eigenvalue weighted by molar-refractivity contribution is 0.0746. The summed E-state index contributed by atoms with van der Waals surface area (Å²) < 4.78 is 26.5. The summed E-state index contributed by atoms with van der Waals surface area (Å²) in [5, 5.41) is 0.907. The number of carbonyl (C=O) groups is 1. The third kappa shape index (κ3) is 4.14. The Bertz CT molecular complexity index is 1170. The quantitative estimate of drug-likeness (QED) is 0.604. The molecule has 0 unspecified atom stereocenters. The minimum Gasteiger partial charge on any atom is -0.344 e. The summed E-state index contributed by atoms with van der Waals surface area (Å²) in [5.41, 5.74) is 1.33. The van der Waals surface area contributed by atoms with Crippen molar-refractivity contribution in [2.75, 3.05) is 37.6 Å². The van der Waals surface area contributed by atoms with Crippen molar-refractivity contribution in [2.24, 2.45) is 0 Å². The molecule has 3 aromatic rings. The van der Waals surface area contributed by atoms with Crippen molar-refractivity contribution in [3.05, 3.63) is 48.2 Å². The standard InChI is InChI=1S/C20H19N5O3S2/c1-2-9-22-30(27,28)16-7-5-15(6-8-16)19(26)24-11-13-25(14-12-24)20-23-17-4-3-10-21-18(17)29-20/h1,3-8,10,22H,9,11-14H2. The highest BCUT2D eigenvalue weighted by molar-refractivity contribution is 7.89. The first kappa shape index (κ1) is 20.3. The highest BCUT2D eigenvalue weighted by Crippen LogP contribution is 2.27. The third-order valence-electron chi connectivity index (χ3n) is 4.77. The van der Waals surface area contributed by atoms with E-state index < -0.39 is 10.0 Å². The van der Waals surface area contributed by atoms with E-state index in [4.69, 9.17) is 6.42 Å². The first-order chi connectivity index (χ1) is 14.5. The number of rotatable bonds is 5. The molecule has 1 N–H and O–H groups in total. The Balaban J connectivity index is 1.40. The van der Waals surface area contributed by atoms with E-state index in [-0.39, 0.29) is 17.3 Å². The van der Waals surface area contributed by atoms with Crippen LogP contribution in [0.5, 0.6) is 0 Å². The summed E-state index contributed by atoms with van der Waals surface area (Å²) >= 11 is 1.54. The largest absolute Gasteiger partial charge is 0.344 e. The molecule has 4 rings (SSSR count). The molecular formula is C20H19N5O3S2. The van der Waals surface area contributed by atoms with Gasteiger partial charge in [-0.05, 0) is 36.4 Å². The number of piperazine rings is 1. The molecular weight excluding hydrogens is 422 g/mol. The molecule has 8 nitrogen and oxygen atoms in total. The molecule has 0 radical (unpaired) electrons. The molecule has 154 valence electrons. The van der Waals surface area contributed by atoms with Gasteiger partial charge >= 0.3 is 0 Å². The Morgan fingerprint density at radius 3 is 2.57 bits per heavy atom. The third-order valence-corrected chi connectivity index (χ3v) is 7.23. The lowest BCUT2D eigenvalue weighted by atomic mass is 10.2. The molecule has 0 bridgehead atoms. The number of amides is 1. The fourth-order valence-electron chi connectivity index (χ4n) is 3.17. The predicted octanol–water partition coefficient (Wildman–Crippen LogP) is 1.57. The summed E-state index contributed by atoms with van der Waals surface area (Å²) in [4.78, 5) is 26.7. The van der Waals surface area contributed by atoms with E-state index in [1.807, 2.05) is 12.1 Å². The number of aromatic nitrogens is 2. The Morgan fingerprint density at radius 2 is 1.90 bits per heavy atom. The van der Waals surface area contributed by atoms with E-state index >= 15 is 0 Å². The molecule has 0 atom stereocenters. The van der Waals surface area contributed by atoms with Crippen molar-refractivity contribution in [3.63, 3.8) is 0 Å². The predicted molar refractivity (Wildman–Crippen MR) is 116 cm³/mol.